The average molecular weight is 335 g/mol. The van der Waals surface area contributed by atoms with Gasteiger partial charge >= 0.3 is 0 Å². The maximum Gasteiger partial charge on any atom is 0.180 e. The van der Waals surface area contributed by atoms with E-state index in [-0.39, 0.29) is 5.92 Å². The van der Waals surface area contributed by atoms with Crippen LogP contribution in [0.25, 0.3) is 0 Å². The van der Waals surface area contributed by atoms with E-state index < -0.39 is 0 Å². The van der Waals surface area contributed by atoms with E-state index in [4.69, 9.17) is 15.7 Å². The fourth-order valence-electron chi connectivity index (χ4n) is 2.69. The van der Waals surface area contributed by atoms with E-state index >= 15 is 0 Å². The highest BCUT2D eigenvalue weighted by Crippen LogP contribution is 2.31. The van der Waals surface area contributed by atoms with Gasteiger partial charge in [0.25, 0.3) is 0 Å². The number of hydrogen-bond donors (Lipinski definition) is 1. The molecule has 0 aliphatic heterocycles. The van der Waals surface area contributed by atoms with Gasteiger partial charge in [0.05, 0.1) is 24.4 Å². The van der Waals surface area contributed by atoms with Crippen LogP contribution in [0.4, 0.5) is 5.13 Å². The number of methoxy groups -OCH3 is 1. The third kappa shape index (κ3) is 3.55. The Balaban J connectivity index is 1.96. The fourth-order valence-corrected chi connectivity index (χ4v) is 3.31. The predicted octanol–water partition coefficient (Wildman–Crippen LogP) is 3.98. The Morgan fingerprint density at radius 3 is 2.67 bits per heavy atom. The Hall–Kier alpha value is -2.84. The molecule has 0 spiro atoms. The quantitative estimate of drug-likeness (QED) is 0.765. The van der Waals surface area contributed by atoms with Crippen molar-refractivity contribution in [2.24, 2.45) is 0 Å². The minimum Gasteiger partial charge on any atom is -0.497 e. The van der Waals surface area contributed by atoms with Gasteiger partial charge in [-0.25, -0.2) is 4.98 Å². The Morgan fingerprint density at radius 2 is 2.04 bits per heavy atom. The van der Waals surface area contributed by atoms with E-state index in [9.17, 15) is 0 Å². The summed E-state index contributed by atoms with van der Waals surface area (Å²) in [4.78, 5) is 4.47. The first kappa shape index (κ1) is 16.0. The number of hydrogen-bond acceptors (Lipinski definition) is 5. The largest absolute Gasteiger partial charge is 0.497 e. The molecular weight excluding hydrogens is 318 g/mol. The van der Waals surface area contributed by atoms with E-state index in [1.807, 2.05) is 53.9 Å². The predicted molar refractivity (Wildman–Crippen MR) is 96.2 cm³/mol. The number of thiazole rings is 1. The third-order valence-electron chi connectivity index (χ3n) is 3.91. The number of nitriles is 1. The normalized spacial score (nSPS) is 11.7. The topological polar surface area (TPSA) is 71.9 Å². The van der Waals surface area contributed by atoms with Crippen molar-refractivity contribution in [1.29, 1.82) is 5.26 Å². The van der Waals surface area contributed by atoms with Crippen molar-refractivity contribution >= 4 is 16.5 Å². The van der Waals surface area contributed by atoms with Crippen LogP contribution in [0, 0.1) is 11.3 Å². The fraction of sp³-hybridized carbons (Fsp3) is 0.158. The number of benzene rings is 2. The van der Waals surface area contributed by atoms with Crippen LogP contribution in [-0.2, 0) is 6.42 Å². The molecule has 0 radical (unpaired) electrons. The Morgan fingerprint density at radius 1 is 1.25 bits per heavy atom. The van der Waals surface area contributed by atoms with Gasteiger partial charge in [0.15, 0.2) is 5.13 Å². The van der Waals surface area contributed by atoms with Crippen LogP contribution in [0.2, 0.25) is 0 Å². The lowest BCUT2D eigenvalue weighted by Crippen LogP contribution is -2.06. The van der Waals surface area contributed by atoms with Crippen LogP contribution in [0.3, 0.4) is 0 Å². The molecule has 4 nitrogen and oxygen atoms in total. The van der Waals surface area contributed by atoms with E-state index in [2.05, 4.69) is 11.1 Å². The molecule has 1 unspecified atom stereocenters. The zero-order chi connectivity index (χ0) is 16.9. The maximum absolute atomic E-state index is 9.10. The van der Waals surface area contributed by atoms with E-state index in [1.165, 1.54) is 11.3 Å². The molecule has 3 rings (SSSR count). The Bertz CT molecular complexity index is 865. The van der Waals surface area contributed by atoms with Crippen LogP contribution in [0.15, 0.2) is 53.9 Å². The van der Waals surface area contributed by atoms with Gasteiger partial charge in [-0.3, -0.25) is 0 Å². The molecule has 2 aromatic carbocycles. The minimum absolute atomic E-state index is 0.0819. The molecule has 0 saturated carbocycles. The van der Waals surface area contributed by atoms with Gasteiger partial charge in [0.1, 0.15) is 5.75 Å². The Labute approximate surface area is 145 Å². The highest BCUT2D eigenvalue weighted by atomic mass is 32.1. The zero-order valence-corrected chi connectivity index (χ0v) is 14.1. The molecule has 120 valence electrons. The van der Waals surface area contributed by atoms with Crippen molar-refractivity contribution < 1.29 is 4.74 Å². The van der Waals surface area contributed by atoms with Crippen molar-refractivity contribution in [3.8, 4) is 11.8 Å². The number of nitrogens with zero attached hydrogens (tertiary/aromatic N) is 2. The summed E-state index contributed by atoms with van der Waals surface area (Å²) >= 11 is 1.44. The van der Waals surface area contributed by atoms with Gasteiger partial charge in [0, 0.05) is 11.3 Å². The molecule has 0 bridgehead atoms. The van der Waals surface area contributed by atoms with Crippen molar-refractivity contribution in [3.05, 3.63) is 76.3 Å². The SMILES string of the molecule is COc1ccc(C(Cc2cccc(C#N)c2)c2csc(N)n2)cc1. The first-order valence-corrected chi connectivity index (χ1v) is 8.41. The number of nitrogen functional groups attached to an aromatic ring is 1. The van der Waals surface area contributed by atoms with E-state index in [1.54, 1.807) is 7.11 Å². The van der Waals surface area contributed by atoms with Gasteiger partial charge in [-0.15, -0.1) is 11.3 Å². The standard InChI is InChI=1S/C19H17N3OS/c1-23-16-7-5-15(6-8-16)17(18-12-24-19(21)22-18)10-13-3-2-4-14(9-13)11-20/h2-9,12,17H,10H2,1H3,(H2,21,22). The number of rotatable bonds is 5. The molecule has 0 fully saturated rings. The second-order valence-corrected chi connectivity index (χ2v) is 6.34. The summed E-state index contributed by atoms with van der Waals surface area (Å²) in [5, 5.41) is 11.7. The summed E-state index contributed by atoms with van der Waals surface area (Å²) in [6, 6.07) is 17.9. The number of nitrogens with two attached hydrogens (primary N) is 1. The third-order valence-corrected chi connectivity index (χ3v) is 4.60. The van der Waals surface area contributed by atoms with Gasteiger partial charge in [0.2, 0.25) is 0 Å². The second kappa shape index (κ2) is 7.16. The summed E-state index contributed by atoms with van der Waals surface area (Å²) in [6.07, 6.45) is 0.755. The van der Waals surface area contributed by atoms with Crippen LogP contribution < -0.4 is 10.5 Å². The molecule has 1 aromatic heterocycles. The summed E-state index contributed by atoms with van der Waals surface area (Å²) in [6.45, 7) is 0. The first-order chi connectivity index (χ1) is 11.7. The molecule has 0 saturated heterocycles. The van der Waals surface area contributed by atoms with Crippen molar-refractivity contribution in [3.63, 3.8) is 0 Å². The smallest absolute Gasteiger partial charge is 0.180 e. The molecular formula is C19H17N3OS. The monoisotopic (exact) mass is 335 g/mol. The number of aromatic nitrogens is 1. The Kier molecular flexibility index (Phi) is 4.78. The van der Waals surface area contributed by atoms with Gasteiger partial charge < -0.3 is 10.5 Å². The summed E-state index contributed by atoms with van der Waals surface area (Å²) in [7, 11) is 1.65. The first-order valence-electron chi connectivity index (χ1n) is 7.53. The molecule has 0 aliphatic carbocycles. The number of ether oxygens (including phenoxy) is 1. The molecule has 2 N–H and O–H groups in total. The van der Waals surface area contributed by atoms with Crippen LogP contribution in [0.5, 0.6) is 5.75 Å². The lowest BCUT2D eigenvalue weighted by Gasteiger charge is -2.16. The average Bonchev–Trinajstić information content (AvgIpc) is 3.06. The van der Waals surface area contributed by atoms with Crippen molar-refractivity contribution in [2.45, 2.75) is 12.3 Å². The minimum atomic E-state index is 0.0819. The molecule has 1 heterocycles. The lowest BCUT2D eigenvalue weighted by atomic mass is 9.89. The van der Waals surface area contributed by atoms with Gasteiger partial charge in [-0.1, -0.05) is 24.3 Å². The summed E-state index contributed by atoms with van der Waals surface area (Å²) < 4.78 is 5.24. The number of anilines is 1. The van der Waals surface area contributed by atoms with Gasteiger partial charge in [-0.2, -0.15) is 5.26 Å². The summed E-state index contributed by atoms with van der Waals surface area (Å²) in [5.41, 5.74) is 9.68. The second-order valence-electron chi connectivity index (χ2n) is 5.45. The van der Waals surface area contributed by atoms with E-state index in [0.717, 1.165) is 29.0 Å². The van der Waals surface area contributed by atoms with Gasteiger partial charge in [-0.05, 0) is 41.8 Å². The highest BCUT2D eigenvalue weighted by Gasteiger charge is 2.18. The molecule has 24 heavy (non-hydrogen) atoms. The summed E-state index contributed by atoms with van der Waals surface area (Å²) in [5.74, 6) is 0.903. The van der Waals surface area contributed by atoms with Crippen LogP contribution in [-0.4, -0.2) is 12.1 Å². The zero-order valence-electron chi connectivity index (χ0n) is 13.3. The van der Waals surface area contributed by atoms with Crippen LogP contribution >= 0.6 is 11.3 Å². The van der Waals surface area contributed by atoms with Crippen LogP contribution in [0.1, 0.15) is 28.3 Å². The molecule has 1 atom stereocenters. The molecule has 0 amide bonds. The maximum atomic E-state index is 9.10. The van der Waals surface area contributed by atoms with Crippen molar-refractivity contribution in [2.75, 3.05) is 12.8 Å². The van der Waals surface area contributed by atoms with Crippen molar-refractivity contribution in [1.82, 2.24) is 4.98 Å². The molecule has 5 heteroatoms. The molecule has 0 aliphatic rings. The molecule has 3 aromatic rings. The highest BCUT2D eigenvalue weighted by molar-refractivity contribution is 7.13. The van der Waals surface area contributed by atoms with E-state index in [0.29, 0.717) is 10.7 Å². The lowest BCUT2D eigenvalue weighted by molar-refractivity contribution is 0.414.